The topological polar surface area (TPSA) is 35.0 Å². The Balaban J connectivity index is 1.73. The lowest BCUT2D eigenvalue weighted by atomic mass is 10.0. The fourth-order valence-corrected chi connectivity index (χ4v) is 3.66. The van der Waals surface area contributed by atoms with Crippen LogP contribution < -0.4 is 4.74 Å². The highest BCUT2D eigenvalue weighted by Gasteiger charge is 2.09. The molecule has 0 saturated heterocycles. The molecule has 0 aliphatic rings. The van der Waals surface area contributed by atoms with Gasteiger partial charge in [-0.1, -0.05) is 65.2 Å². The van der Waals surface area contributed by atoms with Crippen molar-refractivity contribution in [3.63, 3.8) is 0 Å². The van der Waals surface area contributed by atoms with Crippen LogP contribution in [0.15, 0.2) is 36.7 Å². The third-order valence-corrected chi connectivity index (χ3v) is 5.74. The summed E-state index contributed by atoms with van der Waals surface area (Å²) in [6.07, 6.45) is 13.0. The first-order valence-electron chi connectivity index (χ1n) is 12.4. The van der Waals surface area contributed by atoms with Crippen molar-refractivity contribution in [2.24, 2.45) is 0 Å². The second-order valence-electron chi connectivity index (χ2n) is 8.68. The Kier molecular flexibility index (Phi) is 12.9. The van der Waals surface area contributed by atoms with Gasteiger partial charge in [-0.3, -0.25) is 0 Å². The van der Waals surface area contributed by atoms with E-state index in [0.29, 0.717) is 37.3 Å². The molecule has 0 fully saturated rings. The van der Waals surface area contributed by atoms with E-state index in [0.717, 1.165) is 49.7 Å². The van der Waals surface area contributed by atoms with Crippen LogP contribution in [0.3, 0.4) is 0 Å². The molecule has 178 valence electrons. The maximum atomic E-state index is 14.0. The third kappa shape index (κ3) is 10.5. The molecule has 2 rings (SSSR count). The second kappa shape index (κ2) is 15.7. The number of hydrogen-bond donors (Lipinski definition) is 0. The van der Waals surface area contributed by atoms with E-state index in [1.165, 1.54) is 12.8 Å². The largest absolute Gasteiger partial charge is 0.491 e. The van der Waals surface area contributed by atoms with Crippen molar-refractivity contribution in [3.05, 3.63) is 42.2 Å². The van der Waals surface area contributed by atoms with Gasteiger partial charge in [-0.25, -0.2) is 18.7 Å². The molecule has 0 bridgehead atoms. The van der Waals surface area contributed by atoms with Gasteiger partial charge >= 0.3 is 0 Å². The molecule has 0 aliphatic heterocycles. The van der Waals surface area contributed by atoms with Gasteiger partial charge in [-0.05, 0) is 55.5 Å². The number of aryl methyl sites for hydroxylation is 1. The molecule has 5 heteroatoms. The summed E-state index contributed by atoms with van der Waals surface area (Å²) in [7, 11) is 0. The van der Waals surface area contributed by atoms with E-state index < -0.39 is 12.3 Å². The number of unbranched alkanes of at least 4 members (excludes halogenated alkanes) is 6. The van der Waals surface area contributed by atoms with Crippen molar-refractivity contribution >= 4 is 0 Å². The molecule has 1 aromatic heterocycles. The van der Waals surface area contributed by atoms with Crippen molar-refractivity contribution in [3.8, 4) is 17.1 Å². The molecule has 0 aliphatic carbocycles. The lowest BCUT2D eigenvalue weighted by Crippen LogP contribution is -2.12. The minimum Gasteiger partial charge on any atom is -0.491 e. The molecule has 0 amide bonds. The highest BCUT2D eigenvalue weighted by atomic mass is 19.1. The second-order valence-corrected chi connectivity index (χ2v) is 8.68. The predicted octanol–water partition coefficient (Wildman–Crippen LogP) is 8.07. The standard InChI is InChI=1S/C27H40F2N2O/c1-3-5-7-9-11-24(28)16-13-22-19-30-27(31-20-22)23-14-17-26(18-15-23)32-21-25(29)12-10-8-6-4-2/h14-15,17-20,24-25H,3-13,16,21H2,1-2H3/t24-,25+/m1/s1. The number of rotatable bonds is 17. The average molecular weight is 447 g/mol. The minimum atomic E-state index is -0.928. The average Bonchev–Trinajstić information content (AvgIpc) is 2.82. The Morgan fingerprint density at radius 1 is 0.750 bits per heavy atom. The van der Waals surface area contributed by atoms with E-state index in [9.17, 15) is 8.78 Å². The quantitative estimate of drug-likeness (QED) is 0.230. The summed E-state index contributed by atoms with van der Waals surface area (Å²) in [6.45, 7) is 4.40. The van der Waals surface area contributed by atoms with Gasteiger partial charge in [0, 0.05) is 18.0 Å². The summed E-state index contributed by atoms with van der Waals surface area (Å²) in [6, 6.07) is 7.41. The minimum absolute atomic E-state index is 0.0881. The lowest BCUT2D eigenvalue weighted by molar-refractivity contribution is 0.184. The summed E-state index contributed by atoms with van der Waals surface area (Å²) >= 11 is 0. The van der Waals surface area contributed by atoms with Gasteiger partial charge < -0.3 is 4.74 Å². The summed E-state index contributed by atoms with van der Waals surface area (Å²) in [5.74, 6) is 1.27. The fourth-order valence-electron chi connectivity index (χ4n) is 3.66. The van der Waals surface area contributed by atoms with E-state index in [1.54, 1.807) is 12.4 Å². The van der Waals surface area contributed by atoms with Crippen LogP contribution in [-0.2, 0) is 6.42 Å². The van der Waals surface area contributed by atoms with Crippen LogP contribution in [0.25, 0.3) is 11.4 Å². The van der Waals surface area contributed by atoms with Crippen molar-refractivity contribution < 1.29 is 13.5 Å². The normalized spacial score (nSPS) is 13.1. The van der Waals surface area contributed by atoms with Crippen molar-refractivity contribution in [2.45, 2.75) is 103 Å². The molecule has 0 N–H and O–H groups in total. The van der Waals surface area contributed by atoms with Gasteiger partial charge in [0.1, 0.15) is 24.7 Å². The highest BCUT2D eigenvalue weighted by Crippen LogP contribution is 2.21. The first-order valence-corrected chi connectivity index (χ1v) is 12.4. The molecule has 32 heavy (non-hydrogen) atoms. The van der Waals surface area contributed by atoms with Crippen LogP contribution in [0.2, 0.25) is 0 Å². The molecule has 3 nitrogen and oxygen atoms in total. The van der Waals surface area contributed by atoms with E-state index >= 15 is 0 Å². The number of nitrogens with zero attached hydrogens (tertiary/aromatic N) is 2. The van der Waals surface area contributed by atoms with Gasteiger partial charge in [0.15, 0.2) is 5.82 Å². The summed E-state index contributed by atoms with van der Waals surface area (Å²) in [5, 5.41) is 0. The molecule has 0 radical (unpaired) electrons. The summed E-state index contributed by atoms with van der Waals surface area (Å²) in [5.41, 5.74) is 1.83. The van der Waals surface area contributed by atoms with E-state index in [-0.39, 0.29) is 6.61 Å². The summed E-state index contributed by atoms with van der Waals surface area (Å²) in [4.78, 5) is 8.86. The predicted molar refractivity (Wildman–Crippen MR) is 129 cm³/mol. The Morgan fingerprint density at radius 3 is 1.94 bits per heavy atom. The number of aromatic nitrogens is 2. The highest BCUT2D eigenvalue weighted by molar-refractivity contribution is 5.55. The Morgan fingerprint density at radius 2 is 1.34 bits per heavy atom. The van der Waals surface area contributed by atoms with Gasteiger partial charge in [-0.15, -0.1) is 0 Å². The van der Waals surface area contributed by atoms with Gasteiger partial charge in [0.2, 0.25) is 0 Å². The molecular formula is C27H40F2N2O. The molecule has 1 aromatic carbocycles. The zero-order valence-electron chi connectivity index (χ0n) is 19.9. The zero-order chi connectivity index (χ0) is 23.0. The number of hydrogen-bond acceptors (Lipinski definition) is 3. The molecular weight excluding hydrogens is 406 g/mol. The first-order chi connectivity index (χ1) is 15.6. The van der Waals surface area contributed by atoms with Crippen LogP contribution in [0.1, 0.15) is 90.0 Å². The maximum Gasteiger partial charge on any atom is 0.159 e. The first kappa shape index (κ1) is 26.2. The van der Waals surface area contributed by atoms with Gasteiger partial charge in [0.05, 0.1) is 0 Å². The van der Waals surface area contributed by atoms with Gasteiger partial charge in [0.25, 0.3) is 0 Å². The van der Waals surface area contributed by atoms with Crippen molar-refractivity contribution in [1.29, 1.82) is 0 Å². The number of alkyl halides is 2. The molecule has 2 atom stereocenters. The van der Waals surface area contributed by atoms with Crippen LogP contribution in [-0.4, -0.2) is 28.9 Å². The van der Waals surface area contributed by atoms with E-state index in [2.05, 4.69) is 23.8 Å². The number of benzene rings is 1. The fraction of sp³-hybridized carbons (Fsp3) is 0.630. The SMILES string of the molecule is CCCCCC[C@@H](F)CCc1cnc(-c2ccc(OC[C@@H](F)CCCCCC)cc2)nc1. The monoisotopic (exact) mass is 446 g/mol. The van der Waals surface area contributed by atoms with E-state index in [1.807, 2.05) is 24.3 Å². The maximum absolute atomic E-state index is 14.0. The van der Waals surface area contributed by atoms with Crippen LogP contribution in [0.4, 0.5) is 8.78 Å². The molecule has 0 unspecified atom stereocenters. The molecule has 0 saturated carbocycles. The Bertz CT molecular complexity index is 658. The Hall–Kier alpha value is -2.04. The van der Waals surface area contributed by atoms with E-state index in [4.69, 9.17) is 4.74 Å². The third-order valence-electron chi connectivity index (χ3n) is 5.74. The van der Waals surface area contributed by atoms with Crippen molar-refractivity contribution in [1.82, 2.24) is 9.97 Å². The zero-order valence-corrected chi connectivity index (χ0v) is 19.9. The molecule has 1 heterocycles. The molecule has 2 aromatic rings. The van der Waals surface area contributed by atoms with Crippen LogP contribution in [0.5, 0.6) is 5.75 Å². The number of ether oxygens (including phenoxy) is 1. The van der Waals surface area contributed by atoms with Gasteiger partial charge in [-0.2, -0.15) is 0 Å². The number of halogens is 2. The molecule has 0 spiro atoms. The Labute approximate surface area is 193 Å². The smallest absolute Gasteiger partial charge is 0.159 e. The van der Waals surface area contributed by atoms with Crippen LogP contribution >= 0.6 is 0 Å². The van der Waals surface area contributed by atoms with Crippen LogP contribution in [0, 0.1) is 0 Å². The lowest BCUT2D eigenvalue weighted by Gasteiger charge is -2.11. The summed E-state index contributed by atoms with van der Waals surface area (Å²) < 4.78 is 33.5. The van der Waals surface area contributed by atoms with Crippen molar-refractivity contribution in [2.75, 3.05) is 6.61 Å².